The Bertz CT molecular complexity index is 304. The summed E-state index contributed by atoms with van der Waals surface area (Å²) in [6.07, 6.45) is 0. The van der Waals surface area contributed by atoms with Crippen molar-refractivity contribution in [2.75, 3.05) is 26.0 Å². The number of nitrogens with one attached hydrogen (secondary N) is 1. The summed E-state index contributed by atoms with van der Waals surface area (Å²) in [6.45, 7) is 1.37. The predicted molar refractivity (Wildman–Crippen MR) is 51.8 cm³/mol. The monoisotopic (exact) mass is 197 g/mol. The molecule has 0 saturated carbocycles. The van der Waals surface area contributed by atoms with Crippen LogP contribution in [-0.2, 0) is 11.8 Å². The predicted octanol–water partition coefficient (Wildman–Crippen LogP) is -0.901. The first-order valence-corrected chi connectivity index (χ1v) is 4.63. The maximum Gasteiger partial charge on any atom is 0.218 e. The molecule has 3 N–H and O–H groups in total. The van der Waals surface area contributed by atoms with Gasteiger partial charge in [0, 0.05) is 13.1 Å². The average molecular weight is 197 g/mol. The van der Waals surface area contributed by atoms with Gasteiger partial charge in [0.1, 0.15) is 0 Å². The largest absolute Gasteiger partial charge is 0.379 e. The Labute approximate surface area is 82.4 Å². The molecule has 0 amide bonds. The Morgan fingerprint density at radius 3 is 2.93 bits per heavy atom. The molecule has 6 nitrogen and oxygen atoms in total. The summed E-state index contributed by atoms with van der Waals surface area (Å²) in [4.78, 5) is 4.20. The second kappa shape index (κ2) is 3.55. The molecule has 1 aliphatic rings. The van der Waals surface area contributed by atoms with Crippen LogP contribution in [0.5, 0.6) is 0 Å². The van der Waals surface area contributed by atoms with E-state index in [4.69, 9.17) is 10.5 Å². The third kappa shape index (κ3) is 1.46. The van der Waals surface area contributed by atoms with Crippen molar-refractivity contribution in [2.45, 2.75) is 12.0 Å². The lowest BCUT2D eigenvalue weighted by Gasteiger charge is -2.12. The van der Waals surface area contributed by atoms with E-state index in [1.807, 2.05) is 7.05 Å². The lowest BCUT2D eigenvalue weighted by atomic mass is 10.0. The quantitative estimate of drug-likeness (QED) is 0.642. The van der Waals surface area contributed by atoms with Crippen molar-refractivity contribution < 1.29 is 4.74 Å². The highest BCUT2D eigenvalue weighted by atomic mass is 16.5. The molecular formula is C8H15N5O. The minimum absolute atomic E-state index is 0.212. The molecule has 1 aliphatic heterocycles. The summed E-state index contributed by atoms with van der Waals surface area (Å²) >= 11 is 0. The Balaban J connectivity index is 2.21. The van der Waals surface area contributed by atoms with Gasteiger partial charge in [-0.2, -0.15) is 10.1 Å². The van der Waals surface area contributed by atoms with E-state index in [0.29, 0.717) is 19.2 Å². The van der Waals surface area contributed by atoms with Crippen molar-refractivity contribution >= 4 is 5.95 Å². The molecule has 0 aromatic carbocycles. The van der Waals surface area contributed by atoms with E-state index < -0.39 is 0 Å². The molecule has 78 valence electrons. The molecule has 6 heteroatoms. The van der Waals surface area contributed by atoms with E-state index in [-0.39, 0.29) is 12.0 Å². The maximum atomic E-state index is 5.62. The van der Waals surface area contributed by atoms with Crippen LogP contribution in [0.1, 0.15) is 11.7 Å². The van der Waals surface area contributed by atoms with Crippen LogP contribution in [0.3, 0.4) is 0 Å². The van der Waals surface area contributed by atoms with Gasteiger partial charge < -0.3 is 15.8 Å². The highest BCUT2D eigenvalue weighted by molar-refractivity contribution is 5.18. The summed E-state index contributed by atoms with van der Waals surface area (Å²) in [5.41, 5.74) is 5.62. The van der Waals surface area contributed by atoms with Gasteiger partial charge in [0.25, 0.3) is 0 Å². The normalized spacial score (nSPS) is 27.0. The molecule has 2 heterocycles. The number of nitrogen functional groups attached to an aromatic ring is 1. The summed E-state index contributed by atoms with van der Waals surface area (Å²) < 4.78 is 6.96. The fraction of sp³-hybridized carbons (Fsp3) is 0.750. The minimum atomic E-state index is 0.212. The van der Waals surface area contributed by atoms with E-state index in [9.17, 15) is 0 Å². The summed E-state index contributed by atoms with van der Waals surface area (Å²) in [6, 6.07) is 0.289. The van der Waals surface area contributed by atoms with Gasteiger partial charge in [-0.1, -0.05) is 0 Å². The second-order valence-corrected chi connectivity index (χ2v) is 3.49. The number of hydrogen-bond donors (Lipinski definition) is 2. The number of likely N-dealkylation sites (N-methyl/N-ethyl adjacent to an activating group) is 1. The van der Waals surface area contributed by atoms with Crippen molar-refractivity contribution in [1.82, 2.24) is 20.1 Å². The molecule has 0 aliphatic carbocycles. The summed E-state index contributed by atoms with van der Waals surface area (Å²) in [5.74, 6) is 1.42. The first kappa shape index (κ1) is 9.42. The van der Waals surface area contributed by atoms with Gasteiger partial charge in [-0.3, -0.25) is 0 Å². The fourth-order valence-electron chi connectivity index (χ4n) is 1.67. The van der Waals surface area contributed by atoms with Crippen molar-refractivity contribution in [1.29, 1.82) is 0 Å². The van der Waals surface area contributed by atoms with Crippen LogP contribution in [0.25, 0.3) is 0 Å². The van der Waals surface area contributed by atoms with E-state index in [1.54, 1.807) is 11.7 Å². The van der Waals surface area contributed by atoms with Crippen LogP contribution >= 0.6 is 0 Å². The molecule has 2 unspecified atom stereocenters. The third-order valence-electron chi connectivity index (χ3n) is 2.60. The van der Waals surface area contributed by atoms with Crippen molar-refractivity contribution in [3.63, 3.8) is 0 Å². The Kier molecular flexibility index (Phi) is 2.39. The topological polar surface area (TPSA) is 78.0 Å². The van der Waals surface area contributed by atoms with E-state index in [1.165, 1.54) is 0 Å². The van der Waals surface area contributed by atoms with E-state index in [2.05, 4.69) is 15.4 Å². The SMILES string of the molecule is CNC1COCC1c1nc(N)n(C)n1. The molecule has 2 atom stereocenters. The Morgan fingerprint density at radius 2 is 2.36 bits per heavy atom. The van der Waals surface area contributed by atoms with Crippen LogP contribution in [0.4, 0.5) is 5.95 Å². The molecule has 0 radical (unpaired) electrons. The first-order valence-electron chi connectivity index (χ1n) is 4.63. The van der Waals surface area contributed by atoms with Crippen LogP contribution in [0, 0.1) is 0 Å². The first-order chi connectivity index (χ1) is 6.72. The van der Waals surface area contributed by atoms with Gasteiger partial charge in [0.2, 0.25) is 5.95 Å². The molecule has 0 spiro atoms. The number of anilines is 1. The number of aryl methyl sites for hydroxylation is 1. The average Bonchev–Trinajstić information content (AvgIpc) is 2.73. The number of hydrogen-bond acceptors (Lipinski definition) is 5. The maximum absolute atomic E-state index is 5.62. The smallest absolute Gasteiger partial charge is 0.218 e. The zero-order valence-electron chi connectivity index (χ0n) is 8.40. The highest BCUT2D eigenvalue weighted by Gasteiger charge is 2.31. The molecule has 1 saturated heterocycles. The van der Waals surface area contributed by atoms with Crippen molar-refractivity contribution in [3.8, 4) is 0 Å². The molecule has 2 rings (SSSR count). The lowest BCUT2D eigenvalue weighted by molar-refractivity contribution is 0.188. The van der Waals surface area contributed by atoms with E-state index >= 15 is 0 Å². The van der Waals surface area contributed by atoms with Crippen LogP contribution in [0.2, 0.25) is 0 Å². The molecule has 1 aromatic rings. The highest BCUT2D eigenvalue weighted by Crippen LogP contribution is 2.23. The fourth-order valence-corrected chi connectivity index (χ4v) is 1.67. The lowest BCUT2D eigenvalue weighted by Crippen LogP contribution is -2.31. The zero-order chi connectivity index (χ0) is 10.1. The third-order valence-corrected chi connectivity index (χ3v) is 2.60. The summed E-state index contributed by atoms with van der Waals surface area (Å²) in [7, 11) is 3.70. The number of rotatable bonds is 2. The van der Waals surface area contributed by atoms with Gasteiger partial charge >= 0.3 is 0 Å². The number of nitrogens with two attached hydrogens (primary N) is 1. The van der Waals surface area contributed by atoms with E-state index in [0.717, 1.165) is 5.82 Å². The van der Waals surface area contributed by atoms with Crippen LogP contribution in [-0.4, -0.2) is 41.1 Å². The molecule has 1 fully saturated rings. The number of ether oxygens (including phenoxy) is 1. The standard InChI is InChI=1S/C8H15N5O/c1-10-6-4-14-3-5(6)7-11-8(9)13(2)12-7/h5-6,10H,3-4H2,1-2H3,(H2,9,11,12). The van der Waals surface area contributed by atoms with Crippen LogP contribution < -0.4 is 11.1 Å². The van der Waals surface area contributed by atoms with Gasteiger partial charge in [0.05, 0.1) is 19.1 Å². The zero-order valence-corrected chi connectivity index (χ0v) is 8.40. The minimum Gasteiger partial charge on any atom is -0.379 e. The molecule has 14 heavy (non-hydrogen) atoms. The van der Waals surface area contributed by atoms with Crippen LogP contribution in [0.15, 0.2) is 0 Å². The van der Waals surface area contributed by atoms with Crippen molar-refractivity contribution in [2.24, 2.45) is 7.05 Å². The van der Waals surface area contributed by atoms with Gasteiger partial charge in [-0.05, 0) is 7.05 Å². The molecular weight excluding hydrogens is 182 g/mol. The number of aromatic nitrogens is 3. The number of nitrogens with zero attached hydrogens (tertiary/aromatic N) is 3. The second-order valence-electron chi connectivity index (χ2n) is 3.49. The molecule has 1 aromatic heterocycles. The van der Waals surface area contributed by atoms with Gasteiger partial charge in [0.15, 0.2) is 5.82 Å². The van der Waals surface area contributed by atoms with Gasteiger partial charge in [-0.25, -0.2) is 4.68 Å². The van der Waals surface area contributed by atoms with Gasteiger partial charge in [-0.15, -0.1) is 0 Å². The summed E-state index contributed by atoms with van der Waals surface area (Å²) in [5, 5.41) is 7.44. The Hall–Kier alpha value is -1.14. The Morgan fingerprint density at radius 1 is 1.57 bits per heavy atom. The van der Waals surface area contributed by atoms with Crippen molar-refractivity contribution in [3.05, 3.63) is 5.82 Å². The molecule has 0 bridgehead atoms.